The highest BCUT2D eigenvalue weighted by atomic mass is 35.5. The molecule has 0 bridgehead atoms. The zero-order valence-electron chi connectivity index (χ0n) is 35.7. The van der Waals surface area contributed by atoms with Gasteiger partial charge in [-0.1, -0.05) is 51.8 Å². The van der Waals surface area contributed by atoms with Crippen LogP contribution < -0.4 is 14.2 Å². The number of aromatic nitrogens is 1. The van der Waals surface area contributed by atoms with Crippen molar-refractivity contribution in [3.63, 3.8) is 0 Å². The molecule has 2 aliphatic heterocycles. The Kier molecular flexibility index (Phi) is 13.1. The Balaban J connectivity index is 1.29. The van der Waals surface area contributed by atoms with E-state index in [1.807, 2.05) is 11.6 Å². The maximum atomic E-state index is 14.7. The molecule has 1 aromatic heterocycles. The standard InChI is InChI=1S/C42H56ClF3N4O10S/c1-8-25-22-41(25,37(54)48-61(55,56)60-40(7)13-14-40)23-31(51)30-19-26(24-50(30)36(53)28(38(2,3)4)20-34(52)59-39(5,6)42(44,45)46)58-32-21-33(57-18-17-49-15-10-16-49)47-35-27(32)11-9-12-29(35)43/h9,11-12,21,25-26,28,30H,8,10,13-20,22-24H2,1-7H3,(H,48,54)/t25-,26-,28-,30+,41-/m1/s1. The number of nitrogens with zero attached hydrogens (tertiary/aromatic N) is 3. The van der Waals surface area contributed by atoms with E-state index >= 15 is 0 Å². The molecule has 2 aliphatic carbocycles. The monoisotopic (exact) mass is 900 g/mol. The number of carbonyl (C=O) groups excluding carboxylic acids is 4. The van der Waals surface area contributed by atoms with E-state index in [2.05, 4.69) is 9.88 Å². The van der Waals surface area contributed by atoms with Crippen molar-refractivity contribution in [2.75, 3.05) is 32.8 Å². The molecule has 2 saturated carbocycles. The summed E-state index contributed by atoms with van der Waals surface area (Å²) < 4.78 is 91.6. The van der Waals surface area contributed by atoms with Crippen LogP contribution in [0.1, 0.15) is 99.8 Å². The van der Waals surface area contributed by atoms with Crippen LogP contribution in [0.5, 0.6) is 11.6 Å². The molecule has 338 valence electrons. The Morgan fingerprint density at radius 1 is 1.08 bits per heavy atom. The van der Waals surface area contributed by atoms with Crippen LogP contribution in [0.25, 0.3) is 10.9 Å². The minimum absolute atomic E-state index is 0.0726. The number of fused-ring (bicyclic) bond motifs is 1. The average molecular weight is 901 g/mol. The smallest absolute Gasteiger partial charge is 0.427 e. The fourth-order valence-electron chi connectivity index (χ4n) is 8.02. The van der Waals surface area contributed by atoms with E-state index in [4.69, 9.17) is 30.0 Å². The summed E-state index contributed by atoms with van der Waals surface area (Å²) in [4.78, 5) is 64.4. The SMILES string of the molecule is CC[C@@H]1C[C@]1(CC(=O)[C@@H]1C[C@@H](Oc2cc(OCCN3CCC3)nc3c(Cl)cccc23)CN1C(=O)[C@@H](CC(=O)OC(C)(C)C(F)(F)F)C(C)(C)C)C(=O)NS(=O)(=O)OC1(C)CC1. The van der Waals surface area contributed by atoms with Crippen LogP contribution in [0.15, 0.2) is 24.3 Å². The van der Waals surface area contributed by atoms with Gasteiger partial charge in [-0.3, -0.25) is 24.1 Å². The van der Waals surface area contributed by atoms with E-state index in [-0.39, 0.29) is 31.2 Å². The van der Waals surface area contributed by atoms with E-state index in [1.165, 1.54) is 4.90 Å². The van der Waals surface area contributed by atoms with Crippen LogP contribution in [0.2, 0.25) is 5.02 Å². The summed E-state index contributed by atoms with van der Waals surface area (Å²) in [6.07, 6.45) is -4.17. The van der Waals surface area contributed by atoms with Crippen molar-refractivity contribution in [2.45, 2.75) is 129 Å². The molecule has 1 aromatic carbocycles. The minimum Gasteiger partial charge on any atom is -0.488 e. The number of ether oxygens (including phenoxy) is 3. The quantitative estimate of drug-likeness (QED) is 0.160. The van der Waals surface area contributed by atoms with E-state index < -0.39 is 93.0 Å². The van der Waals surface area contributed by atoms with Gasteiger partial charge in [-0.15, -0.1) is 0 Å². The van der Waals surface area contributed by atoms with Crippen molar-refractivity contribution >= 4 is 56.4 Å². The lowest BCUT2D eigenvalue weighted by atomic mass is 9.77. The van der Waals surface area contributed by atoms with Crippen LogP contribution in [0, 0.1) is 22.7 Å². The number of likely N-dealkylation sites (tertiary alicyclic amines) is 2. The molecule has 0 unspecified atom stereocenters. The van der Waals surface area contributed by atoms with Gasteiger partial charge in [-0.05, 0) is 83.0 Å². The largest absolute Gasteiger partial charge is 0.488 e. The highest BCUT2D eigenvalue weighted by molar-refractivity contribution is 7.85. The first-order valence-electron chi connectivity index (χ1n) is 20.8. The van der Waals surface area contributed by atoms with Crippen LogP contribution in [-0.4, -0.2) is 109 Å². The number of Topliss-reactive ketones (excluding diaryl/α,β-unsaturated/α-hetero) is 1. The third-order valence-electron chi connectivity index (χ3n) is 12.5. The Labute approximate surface area is 359 Å². The molecule has 1 N–H and O–H groups in total. The molecule has 61 heavy (non-hydrogen) atoms. The average Bonchev–Trinajstić information content (AvgIpc) is 3.99. The molecule has 5 atom stereocenters. The number of carbonyl (C=O) groups is 4. The lowest BCUT2D eigenvalue weighted by Gasteiger charge is -2.35. The molecule has 2 aromatic rings. The second-order valence-corrected chi connectivity index (χ2v) is 20.4. The number of pyridine rings is 1. The minimum atomic E-state index is -4.88. The molecule has 0 spiro atoms. The van der Waals surface area contributed by atoms with Gasteiger partial charge >= 0.3 is 22.4 Å². The van der Waals surface area contributed by atoms with Gasteiger partial charge in [0.1, 0.15) is 18.5 Å². The fraction of sp³-hybridized carbons (Fsp3) is 0.690. The van der Waals surface area contributed by atoms with E-state index in [9.17, 15) is 40.8 Å². The van der Waals surface area contributed by atoms with E-state index in [1.54, 1.807) is 52.0 Å². The molecule has 4 aliphatic rings. The number of amides is 2. The molecular weight excluding hydrogens is 845 g/mol. The number of nitrogens with one attached hydrogen (secondary N) is 1. The summed E-state index contributed by atoms with van der Waals surface area (Å²) in [5.41, 5.74) is -5.76. The number of halogens is 4. The van der Waals surface area contributed by atoms with Crippen LogP contribution >= 0.6 is 11.6 Å². The zero-order chi connectivity index (χ0) is 44.9. The Hall–Kier alpha value is -3.74. The lowest BCUT2D eigenvalue weighted by molar-refractivity contribution is -0.257. The van der Waals surface area contributed by atoms with Crippen molar-refractivity contribution in [1.29, 1.82) is 0 Å². The summed E-state index contributed by atoms with van der Waals surface area (Å²) in [5, 5.41) is 0.860. The molecule has 4 fully saturated rings. The van der Waals surface area contributed by atoms with E-state index in [0.717, 1.165) is 19.5 Å². The van der Waals surface area contributed by atoms with Gasteiger partial charge in [0.15, 0.2) is 5.78 Å². The van der Waals surface area contributed by atoms with Gasteiger partial charge < -0.3 is 19.1 Å². The van der Waals surface area contributed by atoms with Gasteiger partial charge in [-0.2, -0.15) is 21.6 Å². The third-order valence-corrected chi connectivity index (χ3v) is 13.8. The molecule has 3 heterocycles. The van der Waals surface area contributed by atoms with Crippen molar-refractivity contribution in [3.8, 4) is 11.6 Å². The van der Waals surface area contributed by atoms with Crippen LogP contribution in [0.3, 0.4) is 0 Å². The van der Waals surface area contributed by atoms with Crippen molar-refractivity contribution in [3.05, 3.63) is 29.3 Å². The number of para-hydroxylation sites is 1. The zero-order valence-corrected chi connectivity index (χ0v) is 37.2. The number of hydrogen-bond acceptors (Lipinski definition) is 12. The van der Waals surface area contributed by atoms with Gasteiger partial charge in [-0.25, -0.2) is 13.9 Å². The summed E-state index contributed by atoms with van der Waals surface area (Å²) in [6.45, 7) is 12.6. The molecule has 19 heteroatoms. The van der Waals surface area contributed by atoms with Crippen LogP contribution in [0.4, 0.5) is 13.2 Å². The molecule has 2 saturated heterocycles. The number of hydrogen-bond donors (Lipinski definition) is 1. The van der Waals surface area contributed by atoms with E-state index in [0.29, 0.717) is 67.9 Å². The van der Waals surface area contributed by atoms with Crippen molar-refractivity contribution < 1.29 is 59.2 Å². The van der Waals surface area contributed by atoms with Gasteiger partial charge in [0.25, 0.3) is 0 Å². The first kappa shape index (κ1) is 46.8. The predicted octanol–water partition coefficient (Wildman–Crippen LogP) is 6.56. The maximum Gasteiger partial charge on any atom is 0.427 e. The first-order chi connectivity index (χ1) is 28.3. The van der Waals surface area contributed by atoms with Crippen molar-refractivity contribution in [2.24, 2.45) is 22.7 Å². The molecule has 14 nitrogen and oxygen atoms in total. The van der Waals surface area contributed by atoms with Crippen molar-refractivity contribution in [1.82, 2.24) is 19.5 Å². The highest BCUT2D eigenvalue weighted by Crippen LogP contribution is 2.58. The number of esters is 1. The van der Waals surface area contributed by atoms with Gasteiger partial charge in [0.05, 0.1) is 46.5 Å². The summed E-state index contributed by atoms with van der Waals surface area (Å²) in [7, 11) is -4.50. The summed E-state index contributed by atoms with van der Waals surface area (Å²) >= 11 is 6.58. The number of rotatable bonds is 18. The third kappa shape index (κ3) is 10.7. The Morgan fingerprint density at radius 2 is 1.77 bits per heavy atom. The van der Waals surface area contributed by atoms with Crippen LogP contribution in [-0.2, 0) is 38.4 Å². The maximum absolute atomic E-state index is 14.7. The molecule has 2 amide bonds. The normalized spacial score (nSPS) is 24.4. The highest BCUT2D eigenvalue weighted by Gasteiger charge is 2.62. The van der Waals surface area contributed by atoms with Gasteiger partial charge in [0, 0.05) is 30.8 Å². The fourth-order valence-corrected chi connectivity index (χ4v) is 9.41. The summed E-state index contributed by atoms with van der Waals surface area (Å²) in [6, 6.07) is 5.51. The predicted molar refractivity (Wildman–Crippen MR) is 218 cm³/mol. The second-order valence-electron chi connectivity index (χ2n) is 18.8. The number of alkyl halides is 3. The lowest BCUT2D eigenvalue weighted by Crippen LogP contribution is -2.49. The van der Waals surface area contributed by atoms with Gasteiger partial charge in [0.2, 0.25) is 23.3 Å². The molecule has 0 radical (unpaired) electrons. The Morgan fingerprint density at radius 3 is 2.34 bits per heavy atom. The topological polar surface area (TPSA) is 171 Å². The molecular formula is C42H56ClF3N4O10S. The molecule has 6 rings (SSSR count). The number of benzene rings is 1. The second kappa shape index (κ2) is 17.1. The number of ketones is 1. The first-order valence-corrected chi connectivity index (χ1v) is 22.6. The Bertz CT molecular complexity index is 2140. The summed E-state index contributed by atoms with van der Waals surface area (Å²) in [5.74, 6) is -4.44.